The lowest BCUT2D eigenvalue weighted by Gasteiger charge is -2.06. The standard InChI is InChI=1S/C15H9Cl2NO3/c16-10-6-9(7-11(17)14(10)19)18-15(20)13-5-8-3-1-2-4-12(8)21-13/h1-7,19H,(H,18,20). The van der Waals surface area contributed by atoms with Gasteiger partial charge in [0.25, 0.3) is 5.91 Å². The van der Waals surface area contributed by atoms with Crippen LogP contribution in [0.3, 0.4) is 0 Å². The Morgan fingerprint density at radius 3 is 2.43 bits per heavy atom. The number of halogens is 2. The number of carbonyl (C=O) groups is 1. The maximum atomic E-state index is 12.1. The summed E-state index contributed by atoms with van der Waals surface area (Å²) in [5, 5.41) is 13.1. The van der Waals surface area contributed by atoms with Gasteiger partial charge in [-0.1, -0.05) is 41.4 Å². The summed E-state index contributed by atoms with van der Waals surface area (Å²) < 4.78 is 5.46. The van der Waals surface area contributed by atoms with Gasteiger partial charge < -0.3 is 14.8 Å². The van der Waals surface area contributed by atoms with E-state index in [1.54, 1.807) is 12.1 Å². The highest BCUT2D eigenvalue weighted by Gasteiger charge is 2.14. The Morgan fingerprint density at radius 2 is 1.76 bits per heavy atom. The van der Waals surface area contributed by atoms with Crippen LogP contribution in [0.15, 0.2) is 46.9 Å². The van der Waals surface area contributed by atoms with E-state index in [1.165, 1.54) is 12.1 Å². The number of nitrogens with one attached hydrogen (secondary N) is 1. The van der Waals surface area contributed by atoms with Crippen molar-refractivity contribution >= 4 is 45.8 Å². The molecule has 2 aromatic carbocycles. The van der Waals surface area contributed by atoms with Gasteiger partial charge in [-0.05, 0) is 24.3 Å². The molecule has 6 heteroatoms. The number of hydrogen-bond donors (Lipinski definition) is 2. The van der Waals surface area contributed by atoms with Gasteiger partial charge in [0.05, 0.1) is 10.0 Å². The van der Waals surface area contributed by atoms with Crippen LogP contribution in [0.25, 0.3) is 11.0 Å². The molecule has 1 aromatic heterocycles. The number of rotatable bonds is 2. The Morgan fingerprint density at radius 1 is 1.10 bits per heavy atom. The highest BCUT2D eigenvalue weighted by molar-refractivity contribution is 6.37. The first kappa shape index (κ1) is 13.8. The van der Waals surface area contributed by atoms with Crippen LogP contribution in [-0.2, 0) is 0 Å². The van der Waals surface area contributed by atoms with Gasteiger partial charge in [-0.15, -0.1) is 0 Å². The molecule has 0 aliphatic heterocycles. The summed E-state index contributed by atoms with van der Waals surface area (Å²) in [5.74, 6) is -0.472. The summed E-state index contributed by atoms with van der Waals surface area (Å²) in [5.41, 5.74) is 0.998. The predicted octanol–water partition coefficient (Wildman–Crippen LogP) is 4.70. The number of furan rings is 1. The van der Waals surface area contributed by atoms with Gasteiger partial charge >= 0.3 is 0 Å². The molecule has 106 valence electrons. The topological polar surface area (TPSA) is 62.5 Å². The van der Waals surface area contributed by atoms with Gasteiger partial charge in [0.1, 0.15) is 5.58 Å². The molecule has 21 heavy (non-hydrogen) atoms. The second-order valence-electron chi connectivity index (χ2n) is 4.39. The third-order valence-corrected chi connectivity index (χ3v) is 3.50. The summed E-state index contributed by atoms with van der Waals surface area (Å²) in [6, 6.07) is 11.8. The number of aromatic hydroxyl groups is 1. The van der Waals surface area contributed by atoms with Crippen LogP contribution in [0.1, 0.15) is 10.6 Å². The average molecular weight is 322 g/mol. The molecule has 4 nitrogen and oxygen atoms in total. The molecule has 0 radical (unpaired) electrons. The van der Waals surface area contributed by atoms with Crippen molar-refractivity contribution in [3.05, 3.63) is 58.3 Å². The smallest absolute Gasteiger partial charge is 0.291 e. The monoisotopic (exact) mass is 321 g/mol. The molecular weight excluding hydrogens is 313 g/mol. The zero-order valence-electron chi connectivity index (χ0n) is 10.6. The van der Waals surface area contributed by atoms with E-state index < -0.39 is 5.91 Å². The van der Waals surface area contributed by atoms with E-state index >= 15 is 0 Å². The molecule has 0 saturated heterocycles. The van der Waals surface area contributed by atoms with E-state index in [0.29, 0.717) is 11.3 Å². The van der Waals surface area contributed by atoms with E-state index in [0.717, 1.165) is 5.39 Å². The zero-order valence-corrected chi connectivity index (χ0v) is 12.1. The zero-order chi connectivity index (χ0) is 15.0. The van der Waals surface area contributed by atoms with E-state index in [1.807, 2.05) is 18.2 Å². The summed E-state index contributed by atoms with van der Waals surface area (Å²) >= 11 is 11.6. The van der Waals surface area contributed by atoms with E-state index in [2.05, 4.69) is 5.32 Å². The van der Waals surface area contributed by atoms with Gasteiger partial charge in [0.15, 0.2) is 11.5 Å². The first-order chi connectivity index (χ1) is 10.0. The molecule has 0 atom stereocenters. The molecule has 3 aromatic rings. The molecular formula is C15H9Cl2NO3. The molecule has 0 unspecified atom stereocenters. The molecule has 0 fully saturated rings. The largest absolute Gasteiger partial charge is 0.505 e. The Balaban J connectivity index is 1.89. The van der Waals surface area contributed by atoms with E-state index in [4.69, 9.17) is 27.6 Å². The molecule has 0 saturated carbocycles. The maximum Gasteiger partial charge on any atom is 0.291 e. The van der Waals surface area contributed by atoms with Crippen LogP contribution in [0.2, 0.25) is 10.0 Å². The Bertz CT molecular complexity index is 786. The Labute approximate surface area is 129 Å². The lowest BCUT2D eigenvalue weighted by molar-refractivity contribution is 0.0998. The number of amides is 1. The third-order valence-electron chi connectivity index (χ3n) is 2.92. The van der Waals surface area contributed by atoms with Crippen molar-refractivity contribution in [3.63, 3.8) is 0 Å². The van der Waals surface area contributed by atoms with Gasteiger partial charge in [-0.2, -0.15) is 0 Å². The van der Waals surface area contributed by atoms with Crippen LogP contribution in [0.4, 0.5) is 5.69 Å². The molecule has 0 aliphatic carbocycles. The van der Waals surface area contributed by atoms with Crippen molar-refractivity contribution in [1.29, 1.82) is 0 Å². The van der Waals surface area contributed by atoms with E-state index in [-0.39, 0.29) is 21.6 Å². The summed E-state index contributed by atoms with van der Waals surface area (Å²) in [4.78, 5) is 12.1. The number of anilines is 1. The summed E-state index contributed by atoms with van der Waals surface area (Å²) in [6.07, 6.45) is 0. The highest BCUT2D eigenvalue weighted by Crippen LogP contribution is 2.34. The molecule has 3 rings (SSSR count). The molecule has 0 bridgehead atoms. The van der Waals surface area contributed by atoms with Crippen molar-refractivity contribution in [2.24, 2.45) is 0 Å². The number of carbonyl (C=O) groups excluding carboxylic acids is 1. The van der Waals surface area contributed by atoms with Crippen molar-refractivity contribution in [3.8, 4) is 5.75 Å². The van der Waals surface area contributed by atoms with Crippen molar-refractivity contribution in [2.45, 2.75) is 0 Å². The van der Waals surface area contributed by atoms with Crippen LogP contribution in [-0.4, -0.2) is 11.0 Å². The van der Waals surface area contributed by atoms with Crippen molar-refractivity contribution in [2.75, 3.05) is 5.32 Å². The van der Waals surface area contributed by atoms with Gasteiger partial charge in [0.2, 0.25) is 0 Å². The fourth-order valence-electron chi connectivity index (χ4n) is 1.92. The number of phenolic OH excluding ortho intramolecular Hbond substituents is 1. The lowest BCUT2D eigenvalue weighted by Crippen LogP contribution is -2.10. The molecule has 1 heterocycles. The first-order valence-electron chi connectivity index (χ1n) is 6.02. The van der Waals surface area contributed by atoms with Crippen LogP contribution < -0.4 is 5.32 Å². The minimum atomic E-state index is -0.427. The Hall–Kier alpha value is -2.17. The van der Waals surface area contributed by atoms with Crippen LogP contribution >= 0.6 is 23.2 Å². The van der Waals surface area contributed by atoms with Gasteiger partial charge in [-0.25, -0.2) is 0 Å². The van der Waals surface area contributed by atoms with Crippen molar-refractivity contribution in [1.82, 2.24) is 0 Å². The second-order valence-corrected chi connectivity index (χ2v) is 5.21. The average Bonchev–Trinajstić information content (AvgIpc) is 2.88. The molecule has 0 aliphatic rings. The fourth-order valence-corrected chi connectivity index (χ4v) is 2.41. The lowest BCUT2D eigenvalue weighted by atomic mass is 10.2. The molecule has 0 spiro atoms. The van der Waals surface area contributed by atoms with Crippen molar-refractivity contribution < 1.29 is 14.3 Å². The number of fused-ring (bicyclic) bond motifs is 1. The highest BCUT2D eigenvalue weighted by atomic mass is 35.5. The normalized spacial score (nSPS) is 10.8. The van der Waals surface area contributed by atoms with Gasteiger partial charge in [0, 0.05) is 11.1 Å². The number of benzene rings is 2. The molecule has 2 N–H and O–H groups in total. The fraction of sp³-hybridized carbons (Fsp3) is 0. The van der Waals surface area contributed by atoms with Crippen LogP contribution in [0.5, 0.6) is 5.75 Å². The molecule has 1 amide bonds. The number of hydrogen-bond acceptors (Lipinski definition) is 3. The quantitative estimate of drug-likeness (QED) is 0.672. The Kier molecular flexibility index (Phi) is 3.49. The minimum Gasteiger partial charge on any atom is -0.505 e. The SMILES string of the molecule is O=C(Nc1cc(Cl)c(O)c(Cl)c1)c1cc2ccccc2o1. The maximum absolute atomic E-state index is 12.1. The van der Waals surface area contributed by atoms with Gasteiger partial charge in [-0.3, -0.25) is 4.79 Å². The minimum absolute atomic E-state index is 0.0578. The first-order valence-corrected chi connectivity index (χ1v) is 6.78. The summed E-state index contributed by atoms with van der Waals surface area (Å²) in [6.45, 7) is 0. The third kappa shape index (κ3) is 2.68. The number of phenols is 1. The number of para-hydroxylation sites is 1. The van der Waals surface area contributed by atoms with Crippen LogP contribution in [0, 0.1) is 0 Å². The predicted molar refractivity (Wildman–Crippen MR) is 82.3 cm³/mol. The van der Waals surface area contributed by atoms with E-state index in [9.17, 15) is 9.90 Å². The second kappa shape index (κ2) is 5.31. The summed E-state index contributed by atoms with van der Waals surface area (Å²) in [7, 11) is 0.